The monoisotopic (exact) mass is 334 g/mol. The molecular formula is C18H26N2O4. The maximum Gasteiger partial charge on any atom is 0.303 e. The third-order valence-corrected chi connectivity index (χ3v) is 3.70. The Morgan fingerprint density at radius 1 is 1.12 bits per heavy atom. The zero-order valence-corrected chi connectivity index (χ0v) is 14.6. The fourth-order valence-corrected chi connectivity index (χ4v) is 2.29. The Morgan fingerprint density at radius 3 is 2.33 bits per heavy atom. The molecule has 0 bridgehead atoms. The lowest BCUT2D eigenvalue weighted by Gasteiger charge is -2.24. The number of carboxylic acids is 1. The molecule has 2 unspecified atom stereocenters. The molecule has 3 N–H and O–H groups in total. The molecule has 24 heavy (non-hydrogen) atoms. The Kier molecular flexibility index (Phi) is 7.42. The van der Waals surface area contributed by atoms with E-state index in [9.17, 15) is 14.4 Å². The van der Waals surface area contributed by atoms with Crippen molar-refractivity contribution in [1.82, 2.24) is 10.6 Å². The summed E-state index contributed by atoms with van der Waals surface area (Å²) in [5.74, 6) is -1.59. The molecule has 0 fully saturated rings. The summed E-state index contributed by atoms with van der Waals surface area (Å²) in [5.41, 5.74) is 1.47. The Labute approximate surface area is 142 Å². The molecule has 0 aliphatic heterocycles. The number of hydrogen-bond acceptors (Lipinski definition) is 3. The van der Waals surface area contributed by atoms with Gasteiger partial charge in [0.05, 0.1) is 0 Å². The summed E-state index contributed by atoms with van der Waals surface area (Å²) >= 11 is 0. The first-order valence-corrected chi connectivity index (χ1v) is 8.10. The minimum Gasteiger partial charge on any atom is -0.481 e. The van der Waals surface area contributed by atoms with Crippen molar-refractivity contribution in [2.24, 2.45) is 5.92 Å². The van der Waals surface area contributed by atoms with Crippen molar-refractivity contribution in [3.05, 3.63) is 35.4 Å². The smallest absolute Gasteiger partial charge is 0.303 e. The van der Waals surface area contributed by atoms with Crippen LogP contribution in [0, 0.1) is 12.8 Å². The van der Waals surface area contributed by atoms with Crippen LogP contribution in [-0.2, 0) is 9.59 Å². The second-order valence-corrected chi connectivity index (χ2v) is 6.41. The number of benzene rings is 1. The maximum atomic E-state index is 12.4. The first kappa shape index (κ1) is 19.7. The molecule has 2 amide bonds. The third-order valence-electron chi connectivity index (χ3n) is 3.70. The van der Waals surface area contributed by atoms with Gasteiger partial charge in [0.15, 0.2) is 0 Å². The number of nitrogens with one attached hydrogen (secondary N) is 2. The lowest BCUT2D eigenvalue weighted by atomic mass is 10.0. The minimum absolute atomic E-state index is 0.0105. The third kappa shape index (κ3) is 6.40. The van der Waals surface area contributed by atoms with Crippen molar-refractivity contribution in [3.8, 4) is 0 Å². The predicted molar refractivity (Wildman–Crippen MR) is 91.7 cm³/mol. The van der Waals surface area contributed by atoms with Gasteiger partial charge in [-0.05, 0) is 38.3 Å². The van der Waals surface area contributed by atoms with E-state index in [1.165, 1.54) is 0 Å². The Bertz CT molecular complexity index is 598. The minimum atomic E-state index is -0.899. The second-order valence-electron chi connectivity index (χ2n) is 6.41. The molecule has 1 rings (SSSR count). The summed E-state index contributed by atoms with van der Waals surface area (Å²) in [6, 6.07) is 6.21. The highest BCUT2D eigenvalue weighted by Gasteiger charge is 2.25. The number of carbonyl (C=O) groups excluding carboxylic acids is 2. The van der Waals surface area contributed by atoms with Crippen LogP contribution in [0.4, 0.5) is 0 Å². The van der Waals surface area contributed by atoms with Gasteiger partial charge in [-0.15, -0.1) is 0 Å². The average molecular weight is 334 g/mol. The van der Waals surface area contributed by atoms with E-state index in [0.29, 0.717) is 12.0 Å². The summed E-state index contributed by atoms with van der Waals surface area (Å²) < 4.78 is 0. The largest absolute Gasteiger partial charge is 0.481 e. The van der Waals surface area contributed by atoms with Crippen LogP contribution in [-0.4, -0.2) is 35.0 Å². The number of aryl methyl sites for hydroxylation is 1. The van der Waals surface area contributed by atoms with Crippen LogP contribution in [0.1, 0.15) is 49.5 Å². The molecule has 6 nitrogen and oxygen atoms in total. The van der Waals surface area contributed by atoms with E-state index in [1.54, 1.807) is 25.1 Å². The van der Waals surface area contributed by atoms with Crippen LogP contribution in [0.2, 0.25) is 0 Å². The summed E-state index contributed by atoms with van der Waals surface area (Å²) in [5, 5.41) is 14.2. The summed E-state index contributed by atoms with van der Waals surface area (Å²) in [6.45, 7) is 7.35. The Hall–Kier alpha value is -2.37. The van der Waals surface area contributed by atoms with Gasteiger partial charge in [0.1, 0.15) is 6.04 Å². The Morgan fingerprint density at radius 2 is 1.79 bits per heavy atom. The van der Waals surface area contributed by atoms with E-state index in [1.807, 2.05) is 26.8 Å². The molecule has 0 radical (unpaired) electrons. The number of hydrogen-bond donors (Lipinski definition) is 3. The van der Waals surface area contributed by atoms with E-state index in [0.717, 1.165) is 5.56 Å². The van der Waals surface area contributed by atoms with Crippen LogP contribution < -0.4 is 10.6 Å². The first-order valence-electron chi connectivity index (χ1n) is 8.10. The maximum absolute atomic E-state index is 12.4. The van der Waals surface area contributed by atoms with Crippen LogP contribution in [0.15, 0.2) is 24.3 Å². The van der Waals surface area contributed by atoms with Gasteiger partial charge < -0.3 is 15.7 Å². The second kappa shape index (κ2) is 9.05. The van der Waals surface area contributed by atoms with E-state index in [-0.39, 0.29) is 30.2 Å². The highest BCUT2D eigenvalue weighted by Crippen LogP contribution is 2.08. The lowest BCUT2D eigenvalue weighted by Crippen LogP contribution is -2.51. The van der Waals surface area contributed by atoms with Crippen LogP contribution in [0.25, 0.3) is 0 Å². The van der Waals surface area contributed by atoms with Crippen molar-refractivity contribution >= 4 is 17.8 Å². The zero-order chi connectivity index (χ0) is 18.3. The number of carbonyl (C=O) groups is 3. The predicted octanol–water partition coefficient (Wildman–Crippen LogP) is 2.12. The lowest BCUT2D eigenvalue weighted by molar-refractivity contribution is -0.137. The van der Waals surface area contributed by atoms with Gasteiger partial charge in [-0.3, -0.25) is 14.4 Å². The quantitative estimate of drug-likeness (QED) is 0.678. The van der Waals surface area contributed by atoms with Crippen LogP contribution in [0.5, 0.6) is 0 Å². The molecule has 1 aromatic carbocycles. The van der Waals surface area contributed by atoms with Crippen molar-refractivity contribution in [2.45, 2.75) is 52.6 Å². The zero-order valence-electron chi connectivity index (χ0n) is 14.6. The topological polar surface area (TPSA) is 95.5 Å². The van der Waals surface area contributed by atoms with Gasteiger partial charge in [0, 0.05) is 18.0 Å². The fraction of sp³-hybridized carbons (Fsp3) is 0.500. The first-order chi connectivity index (χ1) is 11.2. The van der Waals surface area contributed by atoms with E-state index >= 15 is 0 Å². The molecule has 0 saturated heterocycles. The Balaban J connectivity index is 2.70. The summed E-state index contributed by atoms with van der Waals surface area (Å²) in [4.78, 5) is 35.3. The van der Waals surface area contributed by atoms with E-state index < -0.39 is 12.0 Å². The molecule has 0 spiro atoms. The standard InChI is InChI=1S/C18H26N2O4/c1-11(2)16(18(24)19-13(4)8-9-15(21)22)20-17(23)14-7-5-6-12(3)10-14/h5-7,10-11,13,16H,8-9H2,1-4H3,(H,19,24)(H,20,23)(H,21,22). The molecule has 1 aromatic rings. The van der Waals surface area contributed by atoms with Crippen molar-refractivity contribution in [1.29, 1.82) is 0 Å². The van der Waals surface area contributed by atoms with Gasteiger partial charge in [-0.2, -0.15) is 0 Å². The SMILES string of the molecule is Cc1cccc(C(=O)NC(C(=O)NC(C)CCC(=O)O)C(C)C)c1. The molecule has 0 aliphatic carbocycles. The number of rotatable bonds is 8. The molecular weight excluding hydrogens is 308 g/mol. The molecule has 0 saturated carbocycles. The van der Waals surface area contributed by atoms with Gasteiger partial charge in [0.2, 0.25) is 5.91 Å². The van der Waals surface area contributed by atoms with Gasteiger partial charge in [0.25, 0.3) is 5.91 Å². The molecule has 0 aromatic heterocycles. The highest BCUT2D eigenvalue weighted by molar-refractivity contribution is 5.97. The van der Waals surface area contributed by atoms with Gasteiger partial charge >= 0.3 is 5.97 Å². The summed E-state index contributed by atoms with van der Waals surface area (Å²) in [7, 11) is 0. The highest BCUT2D eigenvalue weighted by atomic mass is 16.4. The molecule has 6 heteroatoms. The van der Waals surface area contributed by atoms with E-state index in [4.69, 9.17) is 5.11 Å². The number of aliphatic carboxylic acids is 1. The fourth-order valence-electron chi connectivity index (χ4n) is 2.29. The average Bonchev–Trinajstić information content (AvgIpc) is 2.49. The summed E-state index contributed by atoms with van der Waals surface area (Å²) in [6.07, 6.45) is 0.334. The van der Waals surface area contributed by atoms with Crippen molar-refractivity contribution < 1.29 is 19.5 Å². The van der Waals surface area contributed by atoms with Crippen LogP contribution >= 0.6 is 0 Å². The molecule has 0 aliphatic rings. The number of amides is 2. The van der Waals surface area contributed by atoms with Crippen molar-refractivity contribution in [2.75, 3.05) is 0 Å². The van der Waals surface area contributed by atoms with Crippen LogP contribution in [0.3, 0.4) is 0 Å². The molecule has 0 heterocycles. The van der Waals surface area contributed by atoms with Gasteiger partial charge in [-0.25, -0.2) is 0 Å². The van der Waals surface area contributed by atoms with Crippen molar-refractivity contribution in [3.63, 3.8) is 0 Å². The van der Waals surface area contributed by atoms with E-state index in [2.05, 4.69) is 10.6 Å². The number of carboxylic acid groups (broad SMARTS) is 1. The molecule has 132 valence electrons. The molecule has 2 atom stereocenters. The normalized spacial score (nSPS) is 13.2. The van der Waals surface area contributed by atoms with Gasteiger partial charge in [-0.1, -0.05) is 31.5 Å².